The summed E-state index contributed by atoms with van der Waals surface area (Å²) in [6, 6.07) is 15.6. The molecular formula is C24H28N4O3S. The maximum Gasteiger partial charge on any atom is 0.241 e. The van der Waals surface area contributed by atoms with Crippen molar-refractivity contribution in [2.45, 2.75) is 31.2 Å². The second kappa shape index (κ2) is 10.7. The van der Waals surface area contributed by atoms with Crippen LogP contribution in [0.1, 0.15) is 25.7 Å². The summed E-state index contributed by atoms with van der Waals surface area (Å²) in [5.41, 5.74) is 1.79. The highest BCUT2D eigenvalue weighted by Crippen LogP contribution is 2.28. The molecule has 0 aliphatic carbocycles. The van der Waals surface area contributed by atoms with E-state index >= 15 is 0 Å². The molecule has 1 amide bonds. The first-order valence-corrected chi connectivity index (χ1v) is 11.9. The number of likely N-dealkylation sites (tertiary alicyclic amines) is 1. The Morgan fingerprint density at radius 2 is 1.94 bits per heavy atom. The van der Waals surface area contributed by atoms with E-state index in [-0.39, 0.29) is 11.8 Å². The van der Waals surface area contributed by atoms with Gasteiger partial charge >= 0.3 is 0 Å². The molecule has 1 aliphatic rings. The van der Waals surface area contributed by atoms with Gasteiger partial charge in [-0.25, -0.2) is 0 Å². The molecule has 0 radical (unpaired) electrons. The van der Waals surface area contributed by atoms with Crippen molar-refractivity contribution in [1.82, 2.24) is 15.0 Å². The minimum Gasteiger partial charge on any atom is -0.497 e. The number of anilines is 1. The van der Waals surface area contributed by atoms with Gasteiger partial charge in [-0.1, -0.05) is 24.2 Å². The van der Waals surface area contributed by atoms with Gasteiger partial charge < -0.3 is 14.6 Å². The second-order valence-corrected chi connectivity index (χ2v) is 9.01. The van der Waals surface area contributed by atoms with Gasteiger partial charge in [-0.05, 0) is 68.1 Å². The van der Waals surface area contributed by atoms with Crippen LogP contribution in [0.15, 0.2) is 57.9 Å². The van der Waals surface area contributed by atoms with Crippen LogP contribution in [0.4, 0.5) is 5.69 Å². The van der Waals surface area contributed by atoms with E-state index in [1.54, 1.807) is 18.9 Å². The first-order valence-electron chi connectivity index (χ1n) is 10.9. The van der Waals surface area contributed by atoms with Crippen molar-refractivity contribution in [2.75, 3.05) is 31.3 Å². The van der Waals surface area contributed by atoms with Gasteiger partial charge in [0.25, 0.3) is 0 Å². The summed E-state index contributed by atoms with van der Waals surface area (Å²) >= 11 is 1.74. The first kappa shape index (κ1) is 22.4. The molecule has 0 unspecified atom stereocenters. The molecule has 8 heteroatoms. The maximum atomic E-state index is 12.8. The Hall–Kier alpha value is -2.84. The highest BCUT2D eigenvalue weighted by molar-refractivity contribution is 7.99. The van der Waals surface area contributed by atoms with Crippen molar-refractivity contribution in [1.29, 1.82) is 0 Å². The Labute approximate surface area is 192 Å². The third-order valence-electron chi connectivity index (χ3n) is 5.58. The third kappa shape index (κ3) is 5.49. The zero-order valence-electron chi connectivity index (χ0n) is 18.4. The van der Waals surface area contributed by atoms with E-state index in [0.717, 1.165) is 53.6 Å². The molecule has 0 atom stereocenters. The average molecular weight is 453 g/mol. The highest BCUT2D eigenvalue weighted by atomic mass is 32.2. The number of nitrogens with zero attached hydrogens (tertiary/aromatic N) is 3. The molecule has 1 aromatic heterocycles. The van der Waals surface area contributed by atoms with Gasteiger partial charge in [-0.2, -0.15) is 4.98 Å². The minimum absolute atomic E-state index is 0.0171. The molecule has 168 valence electrons. The normalized spacial score (nSPS) is 14.9. The number of aromatic nitrogens is 2. The van der Waals surface area contributed by atoms with Gasteiger partial charge in [0.2, 0.25) is 17.6 Å². The molecule has 1 fully saturated rings. The number of amides is 1. The number of hydrogen-bond donors (Lipinski definition) is 1. The Morgan fingerprint density at radius 3 is 2.66 bits per heavy atom. The number of carbonyl (C=O) groups is 1. The lowest BCUT2D eigenvalue weighted by Gasteiger charge is -2.30. The molecule has 4 rings (SSSR count). The largest absolute Gasteiger partial charge is 0.497 e. The summed E-state index contributed by atoms with van der Waals surface area (Å²) in [6.07, 6.45) is 1.63. The fraction of sp³-hybridized carbons (Fsp3) is 0.375. The summed E-state index contributed by atoms with van der Waals surface area (Å²) in [4.78, 5) is 20.7. The Kier molecular flexibility index (Phi) is 7.44. The van der Waals surface area contributed by atoms with E-state index in [1.807, 2.05) is 42.5 Å². The molecule has 32 heavy (non-hydrogen) atoms. The Morgan fingerprint density at radius 1 is 1.19 bits per heavy atom. The third-order valence-corrected chi connectivity index (χ3v) is 6.53. The topological polar surface area (TPSA) is 80.5 Å². The van der Waals surface area contributed by atoms with Crippen molar-refractivity contribution in [3.05, 3.63) is 54.4 Å². The predicted octanol–water partition coefficient (Wildman–Crippen LogP) is 4.71. The zero-order chi connectivity index (χ0) is 22.3. The molecule has 2 heterocycles. The molecule has 2 aromatic carbocycles. The van der Waals surface area contributed by atoms with Crippen LogP contribution in [-0.4, -0.2) is 46.9 Å². The molecular weight excluding hydrogens is 424 g/mol. The number of rotatable bonds is 8. The number of ether oxygens (including phenoxy) is 1. The monoisotopic (exact) mass is 452 g/mol. The Balaban J connectivity index is 1.29. The molecule has 1 aliphatic heterocycles. The molecule has 1 N–H and O–H groups in total. The van der Waals surface area contributed by atoms with E-state index in [0.29, 0.717) is 18.3 Å². The van der Waals surface area contributed by atoms with Gasteiger partial charge in [-0.15, -0.1) is 11.8 Å². The lowest BCUT2D eigenvalue weighted by atomic mass is 9.96. The summed E-state index contributed by atoms with van der Waals surface area (Å²) in [5.74, 6) is 3.04. The highest BCUT2D eigenvalue weighted by Gasteiger charge is 2.26. The predicted molar refractivity (Wildman–Crippen MR) is 126 cm³/mol. The van der Waals surface area contributed by atoms with Crippen LogP contribution in [0, 0.1) is 5.92 Å². The van der Waals surface area contributed by atoms with Crippen LogP contribution in [0.2, 0.25) is 0 Å². The minimum atomic E-state index is 0.0171. The average Bonchev–Trinajstić information content (AvgIpc) is 3.29. The second-order valence-electron chi connectivity index (χ2n) is 7.71. The van der Waals surface area contributed by atoms with Crippen LogP contribution < -0.4 is 10.1 Å². The fourth-order valence-corrected chi connectivity index (χ4v) is 4.57. The number of carbonyl (C=O) groups excluding carboxylic acids is 1. The van der Waals surface area contributed by atoms with Crippen molar-refractivity contribution < 1.29 is 14.1 Å². The SMILES string of the molecule is CCSc1ccccc1NC(=O)C1CCN(Cc2nc(-c3ccc(OC)cc3)no2)CC1. The van der Waals surface area contributed by atoms with E-state index in [2.05, 4.69) is 33.3 Å². The van der Waals surface area contributed by atoms with Gasteiger partial charge in [0.15, 0.2) is 0 Å². The zero-order valence-corrected chi connectivity index (χ0v) is 19.2. The number of nitrogens with one attached hydrogen (secondary N) is 1. The van der Waals surface area contributed by atoms with Crippen molar-refractivity contribution in [3.8, 4) is 17.1 Å². The lowest BCUT2D eigenvalue weighted by Crippen LogP contribution is -2.37. The van der Waals surface area contributed by atoms with Gasteiger partial charge in [0.05, 0.1) is 19.3 Å². The number of benzene rings is 2. The van der Waals surface area contributed by atoms with Gasteiger partial charge in [0.1, 0.15) is 5.75 Å². The van der Waals surface area contributed by atoms with Crippen LogP contribution in [-0.2, 0) is 11.3 Å². The van der Waals surface area contributed by atoms with E-state index in [1.165, 1.54) is 0 Å². The molecule has 0 spiro atoms. The van der Waals surface area contributed by atoms with E-state index in [4.69, 9.17) is 9.26 Å². The van der Waals surface area contributed by atoms with E-state index < -0.39 is 0 Å². The van der Waals surface area contributed by atoms with E-state index in [9.17, 15) is 4.79 Å². The fourth-order valence-electron chi connectivity index (χ4n) is 3.81. The molecule has 1 saturated heterocycles. The van der Waals surface area contributed by atoms with Crippen LogP contribution >= 0.6 is 11.8 Å². The van der Waals surface area contributed by atoms with Crippen molar-refractivity contribution >= 4 is 23.4 Å². The quantitative estimate of drug-likeness (QED) is 0.496. The number of methoxy groups -OCH3 is 1. The number of hydrogen-bond acceptors (Lipinski definition) is 7. The first-order chi connectivity index (χ1) is 15.7. The summed E-state index contributed by atoms with van der Waals surface area (Å²) in [5, 5.41) is 7.23. The summed E-state index contributed by atoms with van der Waals surface area (Å²) in [6.45, 7) is 4.35. The maximum absolute atomic E-state index is 12.8. The molecule has 0 saturated carbocycles. The molecule has 3 aromatic rings. The van der Waals surface area contributed by atoms with Crippen molar-refractivity contribution in [3.63, 3.8) is 0 Å². The standard InChI is InChI=1S/C24H28N4O3S/c1-3-32-21-7-5-4-6-20(21)25-24(29)18-12-14-28(15-13-18)16-22-26-23(27-31-22)17-8-10-19(30-2)11-9-17/h4-11,18H,3,12-16H2,1-2H3,(H,25,29). The van der Waals surface area contributed by atoms with Crippen LogP contribution in [0.5, 0.6) is 5.75 Å². The summed E-state index contributed by atoms with van der Waals surface area (Å²) in [7, 11) is 1.64. The number of piperidine rings is 1. The van der Waals surface area contributed by atoms with Crippen LogP contribution in [0.25, 0.3) is 11.4 Å². The summed E-state index contributed by atoms with van der Waals surface area (Å²) < 4.78 is 10.6. The smallest absolute Gasteiger partial charge is 0.241 e. The van der Waals surface area contributed by atoms with Crippen LogP contribution in [0.3, 0.4) is 0 Å². The molecule has 7 nitrogen and oxygen atoms in total. The van der Waals surface area contributed by atoms with Gasteiger partial charge in [-0.3, -0.25) is 9.69 Å². The molecule has 0 bridgehead atoms. The van der Waals surface area contributed by atoms with Gasteiger partial charge in [0, 0.05) is 16.4 Å². The lowest BCUT2D eigenvalue weighted by molar-refractivity contribution is -0.121. The number of para-hydroxylation sites is 1. The Bertz CT molecular complexity index is 1030. The van der Waals surface area contributed by atoms with Crippen molar-refractivity contribution in [2.24, 2.45) is 5.92 Å². The number of thioether (sulfide) groups is 1.